The zero-order valence-electron chi connectivity index (χ0n) is 19.5. The van der Waals surface area contributed by atoms with Gasteiger partial charge in [0.2, 0.25) is 5.82 Å². The van der Waals surface area contributed by atoms with Crippen LogP contribution in [0.25, 0.3) is 22.4 Å². The van der Waals surface area contributed by atoms with E-state index < -0.39 is 17.8 Å². The molecule has 1 aliphatic rings. The Morgan fingerprint density at radius 3 is 2.00 bits per heavy atom. The molecule has 0 unspecified atom stereocenters. The Bertz CT molecular complexity index is 1330. The van der Waals surface area contributed by atoms with Crippen molar-refractivity contribution in [2.75, 3.05) is 36.0 Å². The molecule has 5 rings (SSSR count). The lowest BCUT2D eigenvalue weighted by atomic mass is 9.98. The van der Waals surface area contributed by atoms with E-state index in [4.69, 9.17) is 0 Å². The number of rotatable bonds is 4. The van der Waals surface area contributed by atoms with Crippen molar-refractivity contribution in [3.63, 3.8) is 0 Å². The number of piperazine rings is 1. The van der Waals surface area contributed by atoms with E-state index in [0.717, 1.165) is 11.4 Å². The molecule has 1 aliphatic heterocycles. The maximum absolute atomic E-state index is 14.0. The first-order valence-electron chi connectivity index (χ1n) is 11.5. The summed E-state index contributed by atoms with van der Waals surface area (Å²) in [4.78, 5) is 16.3. The van der Waals surface area contributed by atoms with Crippen molar-refractivity contribution >= 4 is 11.6 Å². The normalized spacial score (nSPS) is 14.2. The molecule has 0 spiro atoms. The molecule has 1 saturated heterocycles. The first-order valence-corrected chi connectivity index (χ1v) is 11.5. The minimum absolute atomic E-state index is 0.158. The summed E-state index contributed by atoms with van der Waals surface area (Å²) in [5.74, 6) is -0.643. The minimum Gasteiger partial charge on any atom is -0.353 e. The molecule has 184 valence electrons. The standard InChI is InChI=1S/C27H23F4N5/c1-18-5-7-20(8-6-18)24-23(19-9-11-21(28)12-10-19)25(34-26(33-24)27(29,30)31)36-16-14-35(15-17-36)22-4-2-3-13-32-22/h2-13H,14-17H2,1H3. The molecular formula is C27H23F4N5. The molecule has 4 aromatic rings. The molecule has 0 radical (unpaired) electrons. The lowest BCUT2D eigenvalue weighted by Gasteiger charge is -2.37. The molecule has 0 aliphatic carbocycles. The number of aromatic nitrogens is 3. The van der Waals surface area contributed by atoms with Crippen LogP contribution in [0.2, 0.25) is 0 Å². The van der Waals surface area contributed by atoms with Gasteiger partial charge in [0, 0.05) is 37.9 Å². The van der Waals surface area contributed by atoms with Gasteiger partial charge in [-0.15, -0.1) is 0 Å². The van der Waals surface area contributed by atoms with Crippen LogP contribution >= 0.6 is 0 Å². The smallest absolute Gasteiger partial charge is 0.353 e. The van der Waals surface area contributed by atoms with Gasteiger partial charge in [-0.1, -0.05) is 48.0 Å². The Labute approximate surface area is 206 Å². The third kappa shape index (κ3) is 4.86. The quantitative estimate of drug-likeness (QED) is 0.327. The maximum atomic E-state index is 14.0. The van der Waals surface area contributed by atoms with E-state index in [0.29, 0.717) is 42.9 Å². The molecule has 0 bridgehead atoms. The van der Waals surface area contributed by atoms with E-state index in [1.807, 2.05) is 42.2 Å². The number of alkyl halides is 3. The van der Waals surface area contributed by atoms with Crippen molar-refractivity contribution in [1.82, 2.24) is 15.0 Å². The lowest BCUT2D eigenvalue weighted by Crippen LogP contribution is -2.47. The molecule has 5 nitrogen and oxygen atoms in total. The van der Waals surface area contributed by atoms with Gasteiger partial charge in [-0.25, -0.2) is 19.3 Å². The summed E-state index contributed by atoms with van der Waals surface area (Å²) in [5, 5.41) is 0. The number of halogens is 4. The molecular weight excluding hydrogens is 470 g/mol. The third-order valence-electron chi connectivity index (χ3n) is 6.15. The second-order valence-electron chi connectivity index (χ2n) is 8.63. The van der Waals surface area contributed by atoms with Crippen LogP contribution in [0.1, 0.15) is 11.4 Å². The summed E-state index contributed by atoms with van der Waals surface area (Å²) >= 11 is 0. The van der Waals surface area contributed by atoms with Gasteiger partial charge in [0.25, 0.3) is 0 Å². The third-order valence-corrected chi connectivity index (χ3v) is 6.15. The van der Waals surface area contributed by atoms with Gasteiger partial charge in [-0.3, -0.25) is 0 Å². The molecule has 1 fully saturated rings. The van der Waals surface area contributed by atoms with Crippen LogP contribution in [0.3, 0.4) is 0 Å². The fraction of sp³-hybridized carbons (Fsp3) is 0.222. The molecule has 0 amide bonds. The van der Waals surface area contributed by atoms with Crippen molar-refractivity contribution in [2.45, 2.75) is 13.1 Å². The fourth-order valence-corrected chi connectivity index (χ4v) is 4.30. The summed E-state index contributed by atoms with van der Waals surface area (Å²) in [6.45, 7) is 3.90. The zero-order valence-corrected chi connectivity index (χ0v) is 19.5. The number of aryl methyl sites for hydroxylation is 1. The summed E-state index contributed by atoms with van der Waals surface area (Å²) < 4.78 is 55.6. The van der Waals surface area contributed by atoms with Gasteiger partial charge in [0.15, 0.2) is 0 Å². The Morgan fingerprint density at radius 2 is 1.39 bits per heavy atom. The van der Waals surface area contributed by atoms with Gasteiger partial charge < -0.3 is 9.80 Å². The average molecular weight is 494 g/mol. The highest BCUT2D eigenvalue weighted by atomic mass is 19.4. The molecule has 2 aromatic carbocycles. The number of nitrogens with zero attached hydrogens (tertiary/aromatic N) is 5. The number of pyridine rings is 1. The van der Waals surface area contributed by atoms with E-state index in [1.165, 1.54) is 12.1 Å². The van der Waals surface area contributed by atoms with Gasteiger partial charge in [-0.2, -0.15) is 13.2 Å². The van der Waals surface area contributed by atoms with Crippen LogP contribution in [0.4, 0.5) is 29.2 Å². The molecule has 9 heteroatoms. The second kappa shape index (κ2) is 9.56. The van der Waals surface area contributed by atoms with Crippen LogP contribution in [-0.2, 0) is 6.18 Å². The lowest BCUT2D eigenvalue weighted by molar-refractivity contribution is -0.144. The van der Waals surface area contributed by atoms with Crippen LogP contribution < -0.4 is 9.80 Å². The highest BCUT2D eigenvalue weighted by molar-refractivity contribution is 5.89. The van der Waals surface area contributed by atoms with Crippen molar-refractivity contribution in [1.29, 1.82) is 0 Å². The van der Waals surface area contributed by atoms with Crippen LogP contribution in [0, 0.1) is 12.7 Å². The molecule has 2 aromatic heterocycles. The van der Waals surface area contributed by atoms with E-state index in [9.17, 15) is 17.6 Å². The molecule has 0 saturated carbocycles. The van der Waals surface area contributed by atoms with Crippen molar-refractivity contribution in [2.24, 2.45) is 0 Å². The Balaban J connectivity index is 1.64. The van der Waals surface area contributed by atoms with E-state index >= 15 is 0 Å². The Kier molecular flexibility index (Phi) is 6.30. The monoisotopic (exact) mass is 493 g/mol. The van der Waals surface area contributed by atoms with Gasteiger partial charge in [-0.05, 0) is 36.8 Å². The summed E-state index contributed by atoms with van der Waals surface area (Å²) in [7, 11) is 0. The van der Waals surface area contributed by atoms with Crippen molar-refractivity contribution < 1.29 is 17.6 Å². The number of hydrogen-bond donors (Lipinski definition) is 0. The maximum Gasteiger partial charge on any atom is 0.451 e. The summed E-state index contributed by atoms with van der Waals surface area (Å²) in [6.07, 6.45) is -3.02. The van der Waals surface area contributed by atoms with Crippen LogP contribution in [0.15, 0.2) is 72.9 Å². The largest absolute Gasteiger partial charge is 0.451 e. The van der Waals surface area contributed by atoms with Gasteiger partial charge >= 0.3 is 6.18 Å². The number of benzene rings is 2. The SMILES string of the molecule is Cc1ccc(-c2nc(C(F)(F)F)nc(N3CCN(c4ccccn4)CC3)c2-c2ccc(F)cc2)cc1. The van der Waals surface area contributed by atoms with E-state index in [-0.39, 0.29) is 11.5 Å². The number of hydrogen-bond acceptors (Lipinski definition) is 5. The van der Waals surface area contributed by atoms with Crippen LogP contribution in [0.5, 0.6) is 0 Å². The predicted molar refractivity (Wildman–Crippen MR) is 131 cm³/mol. The van der Waals surface area contributed by atoms with E-state index in [2.05, 4.69) is 19.9 Å². The highest BCUT2D eigenvalue weighted by Crippen LogP contribution is 2.40. The zero-order chi connectivity index (χ0) is 25.3. The average Bonchev–Trinajstić information content (AvgIpc) is 2.89. The molecule has 3 heterocycles. The van der Waals surface area contributed by atoms with Crippen molar-refractivity contribution in [3.05, 3.63) is 90.1 Å². The summed E-state index contributed by atoms with van der Waals surface area (Å²) in [6, 6.07) is 18.4. The molecule has 0 atom stereocenters. The topological polar surface area (TPSA) is 45.2 Å². The fourth-order valence-electron chi connectivity index (χ4n) is 4.30. The van der Waals surface area contributed by atoms with Gasteiger partial charge in [0.1, 0.15) is 17.5 Å². The Morgan fingerprint density at radius 1 is 0.750 bits per heavy atom. The van der Waals surface area contributed by atoms with E-state index in [1.54, 1.807) is 30.5 Å². The molecule has 36 heavy (non-hydrogen) atoms. The Hall–Kier alpha value is -4.01. The first-order chi connectivity index (χ1) is 17.3. The molecule has 0 N–H and O–H groups in total. The highest BCUT2D eigenvalue weighted by Gasteiger charge is 2.38. The first kappa shape index (κ1) is 23.7. The second-order valence-corrected chi connectivity index (χ2v) is 8.63. The van der Waals surface area contributed by atoms with Gasteiger partial charge in [0.05, 0.1) is 11.3 Å². The minimum atomic E-state index is -4.73. The van der Waals surface area contributed by atoms with Crippen molar-refractivity contribution in [3.8, 4) is 22.4 Å². The van der Waals surface area contributed by atoms with Crippen LogP contribution in [-0.4, -0.2) is 41.1 Å². The number of anilines is 2. The predicted octanol–water partition coefficient (Wildman–Crippen LogP) is 6.00. The summed E-state index contributed by atoms with van der Waals surface area (Å²) in [5.41, 5.74) is 2.64.